The molecule has 4 rings (SSSR count). The number of anilines is 1. The van der Waals surface area contributed by atoms with Gasteiger partial charge in [0.15, 0.2) is 5.13 Å². The molecule has 0 saturated heterocycles. The lowest BCUT2D eigenvalue weighted by Gasteiger charge is -2.16. The summed E-state index contributed by atoms with van der Waals surface area (Å²) < 4.78 is 29.4. The van der Waals surface area contributed by atoms with Crippen molar-refractivity contribution in [1.82, 2.24) is 24.2 Å². The summed E-state index contributed by atoms with van der Waals surface area (Å²) in [6.07, 6.45) is 3.46. The summed E-state index contributed by atoms with van der Waals surface area (Å²) in [7, 11) is -2.13. The maximum Gasteiger partial charge on any atom is 0.253 e. The van der Waals surface area contributed by atoms with Crippen molar-refractivity contribution in [2.75, 3.05) is 25.3 Å². The fourth-order valence-corrected chi connectivity index (χ4v) is 4.98. The predicted molar refractivity (Wildman–Crippen MR) is 144 cm³/mol. The fourth-order valence-electron chi connectivity index (χ4n) is 3.67. The molecule has 2 amide bonds. The van der Waals surface area contributed by atoms with Crippen molar-refractivity contribution in [1.29, 1.82) is 0 Å². The smallest absolute Gasteiger partial charge is 0.253 e. The van der Waals surface area contributed by atoms with Gasteiger partial charge >= 0.3 is 0 Å². The molecule has 0 bridgehead atoms. The van der Waals surface area contributed by atoms with Crippen LogP contribution in [0, 0.1) is 13.8 Å². The number of carbonyl (C=O) groups is 2. The first kappa shape index (κ1) is 27.1. The minimum atomic E-state index is -3.53. The number of rotatable bonds is 9. The number of carbonyl (C=O) groups excluding carboxylic acids is 2. The van der Waals surface area contributed by atoms with E-state index in [0.29, 0.717) is 16.6 Å². The Labute approximate surface area is 224 Å². The second kappa shape index (κ2) is 11.2. The van der Waals surface area contributed by atoms with E-state index in [9.17, 15) is 18.0 Å². The summed E-state index contributed by atoms with van der Waals surface area (Å²) in [4.78, 5) is 38.9. The third-order valence-electron chi connectivity index (χ3n) is 5.42. The summed E-state index contributed by atoms with van der Waals surface area (Å²) in [5, 5.41) is 7.46. The van der Waals surface area contributed by atoms with Gasteiger partial charge in [0.05, 0.1) is 29.8 Å². The van der Waals surface area contributed by atoms with Gasteiger partial charge in [0.2, 0.25) is 10.0 Å². The molecule has 2 N–H and O–H groups in total. The first-order valence-electron chi connectivity index (χ1n) is 11.4. The number of benzene rings is 1. The predicted octanol–water partition coefficient (Wildman–Crippen LogP) is 2.88. The Morgan fingerprint density at radius 1 is 1.08 bits per heavy atom. The Kier molecular flexibility index (Phi) is 7.99. The lowest BCUT2D eigenvalue weighted by molar-refractivity contribution is -0.119. The average Bonchev–Trinajstić information content (AvgIpc) is 3.53. The van der Waals surface area contributed by atoms with Crippen LogP contribution in [-0.4, -0.2) is 65.2 Å². The largest absolute Gasteiger partial charge is 0.382 e. The number of thiazole rings is 1. The van der Waals surface area contributed by atoms with Gasteiger partial charge in [-0.25, -0.2) is 23.4 Å². The molecule has 38 heavy (non-hydrogen) atoms. The van der Waals surface area contributed by atoms with E-state index >= 15 is 0 Å². The van der Waals surface area contributed by atoms with E-state index < -0.39 is 27.9 Å². The Hall–Kier alpha value is -3.94. The molecule has 1 atom stereocenters. The average molecular weight is 555 g/mol. The van der Waals surface area contributed by atoms with Gasteiger partial charge in [-0.2, -0.15) is 0 Å². The van der Waals surface area contributed by atoms with Gasteiger partial charge in [-0.15, -0.1) is 11.3 Å². The van der Waals surface area contributed by atoms with Gasteiger partial charge in [-0.05, 0) is 32.0 Å². The monoisotopic (exact) mass is 554 g/mol. The Morgan fingerprint density at radius 3 is 2.47 bits per heavy atom. The van der Waals surface area contributed by atoms with Crippen LogP contribution in [0.4, 0.5) is 5.13 Å². The van der Waals surface area contributed by atoms with E-state index in [0.717, 1.165) is 32.7 Å². The van der Waals surface area contributed by atoms with Gasteiger partial charge in [0.25, 0.3) is 11.8 Å². The molecule has 0 fully saturated rings. The Morgan fingerprint density at radius 2 is 1.82 bits per heavy atom. The highest BCUT2D eigenvalue weighted by Crippen LogP contribution is 2.28. The molecule has 0 unspecified atom stereocenters. The third kappa shape index (κ3) is 6.49. The molecule has 3 aromatic heterocycles. The molecule has 3 heterocycles. The standard InChI is InChI=1S/C25H26N6O5S2/c1-15-10-20(27-16(2)26-15)17-6-5-7-18(11-17)22-14-37-25(29-22)30-24(33)21(13-36-3)28-23(32)19-8-9-31(12-19)38(4,34)35/h5-12,14,21H,13H2,1-4H3,(H,28,32)(H,29,30,33)/t21-/m0/s1. The highest BCUT2D eigenvalue weighted by molar-refractivity contribution is 7.89. The van der Waals surface area contributed by atoms with Gasteiger partial charge < -0.3 is 15.4 Å². The summed E-state index contributed by atoms with van der Waals surface area (Å²) >= 11 is 1.24. The number of ether oxygens (including phenoxy) is 1. The molecule has 0 radical (unpaired) electrons. The second-order valence-corrected chi connectivity index (χ2v) is 11.3. The number of hydrogen-bond acceptors (Lipinski definition) is 9. The van der Waals surface area contributed by atoms with Crippen molar-refractivity contribution in [2.45, 2.75) is 19.9 Å². The minimum absolute atomic E-state index is 0.0924. The summed E-state index contributed by atoms with van der Waals surface area (Å²) in [5.74, 6) is -0.449. The van der Waals surface area contributed by atoms with E-state index in [2.05, 4.69) is 25.6 Å². The van der Waals surface area contributed by atoms with Crippen molar-refractivity contribution in [2.24, 2.45) is 0 Å². The van der Waals surface area contributed by atoms with E-state index in [-0.39, 0.29) is 12.2 Å². The molecule has 0 aliphatic heterocycles. The molecule has 0 spiro atoms. The summed E-state index contributed by atoms with van der Waals surface area (Å²) in [6, 6.07) is 10.00. The molecule has 198 valence electrons. The van der Waals surface area contributed by atoms with Crippen LogP contribution in [0.25, 0.3) is 22.5 Å². The molecule has 13 heteroatoms. The minimum Gasteiger partial charge on any atom is -0.382 e. The normalized spacial score (nSPS) is 12.2. The quantitative estimate of drug-likeness (QED) is 0.321. The highest BCUT2D eigenvalue weighted by Gasteiger charge is 2.23. The Balaban J connectivity index is 1.47. The van der Waals surface area contributed by atoms with Crippen LogP contribution in [0.15, 0.2) is 54.2 Å². The SMILES string of the molecule is COC[C@H](NC(=O)c1ccn(S(C)(=O)=O)c1)C(=O)Nc1nc(-c2cccc(-c3cc(C)nc(C)n3)c2)cs1. The lowest BCUT2D eigenvalue weighted by Crippen LogP contribution is -2.46. The Bertz CT molecular complexity index is 1570. The molecule has 0 aliphatic carbocycles. The number of nitrogens with zero attached hydrogens (tertiary/aromatic N) is 4. The van der Waals surface area contributed by atoms with Crippen LogP contribution in [-0.2, 0) is 19.6 Å². The number of hydrogen-bond donors (Lipinski definition) is 2. The van der Waals surface area contributed by atoms with E-state index in [1.165, 1.54) is 36.9 Å². The fraction of sp³-hybridized carbons (Fsp3) is 0.240. The highest BCUT2D eigenvalue weighted by atomic mass is 32.2. The van der Waals surface area contributed by atoms with Crippen molar-refractivity contribution >= 4 is 38.3 Å². The molecule has 1 aromatic carbocycles. The maximum atomic E-state index is 12.9. The van der Waals surface area contributed by atoms with Gasteiger partial charge in [0, 0.05) is 41.7 Å². The van der Waals surface area contributed by atoms with Crippen molar-refractivity contribution in [3.8, 4) is 22.5 Å². The van der Waals surface area contributed by atoms with E-state index in [1.807, 2.05) is 49.6 Å². The van der Waals surface area contributed by atoms with Crippen molar-refractivity contribution < 1.29 is 22.7 Å². The lowest BCUT2D eigenvalue weighted by atomic mass is 10.1. The van der Waals surface area contributed by atoms with Crippen LogP contribution in [0.3, 0.4) is 0 Å². The van der Waals surface area contributed by atoms with Crippen LogP contribution < -0.4 is 10.6 Å². The molecule has 11 nitrogen and oxygen atoms in total. The molecular weight excluding hydrogens is 528 g/mol. The number of aromatic nitrogens is 4. The number of aryl methyl sites for hydroxylation is 2. The molecular formula is C25H26N6O5S2. The number of methoxy groups -OCH3 is 1. The zero-order valence-corrected chi connectivity index (χ0v) is 22.8. The summed E-state index contributed by atoms with van der Waals surface area (Å²) in [5.41, 5.74) is 4.22. The first-order chi connectivity index (χ1) is 18.0. The molecule has 0 saturated carbocycles. The van der Waals surface area contributed by atoms with Crippen LogP contribution in [0.5, 0.6) is 0 Å². The van der Waals surface area contributed by atoms with E-state index in [4.69, 9.17) is 4.74 Å². The number of nitrogens with one attached hydrogen (secondary N) is 2. The van der Waals surface area contributed by atoms with Crippen LogP contribution in [0.1, 0.15) is 21.9 Å². The van der Waals surface area contributed by atoms with Crippen molar-refractivity contribution in [3.05, 3.63) is 71.3 Å². The first-order valence-corrected chi connectivity index (χ1v) is 14.1. The zero-order valence-electron chi connectivity index (χ0n) is 21.1. The van der Waals surface area contributed by atoms with Crippen molar-refractivity contribution in [3.63, 3.8) is 0 Å². The zero-order chi connectivity index (χ0) is 27.4. The topological polar surface area (TPSA) is 145 Å². The van der Waals surface area contributed by atoms with Gasteiger partial charge in [-0.3, -0.25) is 13.6 Å². The van der Waals surface area contributed by atoms with Gasteiger partial charge in [0.1, 0.15) is 11.9 Å². The molecule has 0 aliphatic rings. The van der Waals surface area contributed by atoms with E-state index in [1.54, 1.807) is 0 Å². The molecule has 4 aromatic rings. The number of amides is 2. The van der Waals surface area contributed by atoms with Crippen LogP contribution in [0.2, 0.25) is 0 Å². The van der Waals surface area contributed by atoms with Crippen LogP contribution >= 0.6 is 11.3 Å². The third-order valence-corrected chi connectivity index (χ3v) is 7.17. The van der Waals surface area contributed by atoms with Gasteiger partial charge in [-0.1, -0.05) is 18.2 Å². The summed E-state index contributed by atoms with van der Waals surface area (Å²) in [6.45, 7) is 3.67. The second-order valence-electron chi connectivity index (χ2n) is 8.52. The maximum absolute atomic E-state index is 12.9.